The van der Waals surface area contributed by atoms with E-state index in [0.717, 1.165) is 5.56 Å². The lowest BCUT2D eigenvalue weighted by atomic mass is 10.2. The molecule has 1 aromatic heterocycles. The normalized spacial score (nSPS) is 10.1. The van der Waals surface area contributed by atoms with Gasteiger partial charge in [0.2, 0.25) is 5.28 Å². The average Bonchev–Trinajstić information content (AvgIpc) is 2.34. The second-order valence-corrected chi connectivity index (χ2v) is 4.02. The fourth-order valence-electron chi connectivity index (χ4n) is 1.41. The molecule has 0 aliphatic heterocycles. The monoisotopic (exact) mass is 263 g/mol. The van der Waals surface area contributed by atoms with Crippen LogP contribution < -0.4 is 5.32 Å². The Morgan fingerprint density at radius 3 is 2.94 bits per heavy atom. The summed E-state index contributed by atoms with van der Waals surface area (Å²) < 4.78 is 0. The molecule has 0 bridgehead atoms. The number of hydrogen-bond acceptors (Lipinski definition) is 4. The fraction of sp³-hybridized carbons (Fsp3) is 0.0833. The van der Waals surface area contributed by atoms with E-state index in [1.807, 2.05) is 6.92 Å². The van der Waals surface area contributed by atoms with Crippen molar-refractivity contribution in [1.82, 2.24) is 9.97 Å². The number of carboxylic acid groups (broad SMARTS) is 1. The Bertz CT molecular complexity index is 602. The number of benzene rings is 1. The Balaban J connectivity index is 2.31. The minimum atomic E-state index is -0.976. The van der Waals surface area contributed by atoms with Crippen molar-refractivity contribution in [2.45, 2.75) is 6.92 Å². The summed E-state index contributed by atoms with van der Waals surface area (Å²) in [6.07, 6.45) is 1.60. The van der Waals surface area contributed by atoms with Crippen molar-refractivity contribution in [2.75, 3.05) is 5.32 Å². The highest BCUT2D eigenvalue weighted by Crippen LogP contribution is 2.19. The third-order valence-corrected chi connectivity index (χ3v) is 2.50. The van der Waals surface area contributed by atoms with Gasteiger partial charge in [-0.1, -0.05) is 6.07 Å². The van der Waals surface area contributed by atoms with Crippen LogP contribution in [0.2, 0.25) is 5.28 Å². The number of rotatable bonds is 3. The maximum atomic E-state index is 10.9. The second kappa shape index (κ2) is 5.01. The maximum absolute atomic E-state index is 10.9. The number of nitrogens with one attached hydrogen (secondary N) is 1. The molecule has 0 saturated carbocycles. The van der Waals surface area contributed by atoms with E-state index in [-0.39, 0.29) is 10.8 Å². The van der Waals surface area contributed by atoms with Crippen LogP contribution in [0.25, 0.3) is 0 Å². The largest absolute Gasteiger partial charge is 0.478 e. The van der Waals surface area contributed by atoms with Gasteiger partial charge in [-0.3, -0.25) is 0 Å². The van der Waals surface area contributed by atoms with Gasteiger partial charge >= 0.3 is 5.97 Å². The Morgan fingerprint density at radius 2 is 2.22 bits per heavy atom. The molecule has 5 nitrogen and oxygen atoms in total. The predicted octanol–water partition coefficient (Wildman–Crippen LogP) is 2.88. The highest BCUT2D eigenvalue weighted by Gasteiger charge is 2.06. The fourth-order valence-corrected chi connectivity index (χ4v) is 1.55. The summed E-state index contributed by atoms with van der Waals surface area (Å²) in [4.78, 5) is 18.7. The number of halogens is 1. The quantitative estimate of drug-likeness (QED) is 0.833. The molecule has 0 spiro atoms. The first-order chi connectivity index (χ1) is 8.56. The van der Waals surface area contributed by atoms with Crippen molar-refractivity contribution < 1.29 is 9.90 Å². The zero-order chi connectivity index (χ0) is 13.1. The Labute approximate surface area is 108 Å². The van der Waals surface area contributed by atoms with Gasteiger partial charge in [0, 0.05) is 17.4 Å². The van der Waals surface area contributed by atoms with E-state index < -0.39 is 5.97 Å². The van der Waals surface area contributed by atoms with E-state index in [1.165, 1.54) is 12.1 Å². The Hall–Kier alpha value is -2.14. The van der Waals surface area contributed by atoms with E-state index in [2.05, 4.69) is 15.3 Å². The lowest BCUT2D eigenvalue weighted by Gasteiger charge is -2.08. The number of carbonyl (C=O) groups is 1. The molecule has 6 heteroatoms. The van der Waals surface area contributed by atoms with Crippen LogP contribution in [0.15, 0.2) is 30.5 Å². The van der Waals surface area contributed by atoms with Gasteiger partial charge in [-0.2, -0.15) is 0 Å². The number of aromatic nitrogens is 2. The van der Waals surface area contributed by atoms with Crippen LogP contribution in [-0.2, 0) is 0 Å². The summed E-state index contributed by atoms with van der Waals surface area (Å²) >= 11 is 5.71. The summed E-state index contributed by atoms with van der Waals surface area (Å²) in [6, 6.07) is 6.46. The number of aryl methyl sites for hydroxylation is 1. The molecule has 0 unspecified atom stereocenters. The summed E-state index contributed by atoms with van der Waals surface area (Å²) in [5.74, 6) is -0.423. The Morgan fingerprint density at radius 1 is 1.44 bits per heavy atom. The van der Waals surface area contributed by atoms with Crippen molar-refractivity contribution in [1.29, 1.82) is 0 Å². The molecule has 0 saturated heterocycles. The summed E-state index contributed by atoms with van der Waals surface area (Å²) in [5, 5.41) is 12.0. The van der Waals surface area contributed by atoms with Crippen LogP contribution in [-0.4, -0.2) is 21.0 Å². The highest BCUT2D eigenvalue weighted by atomic mass is 35.5. The molecule has 1 aromatic carbocycles. The smallest absolute Gasteiger partial charge is 0.335 e. The lowest BCUT2D eigenvalue weighted by molar-refractivity contribution is 0.0697. The van der Waals surface area contributed by atoms with Crippen molar-refractivity contribution >= 4 is 29.1 Å². The standard InChI is InChI=1S/C12H10ClN3O2/c1-7-6-14-12(13)16-10(7)15-9-4-2-3-8(5-9)11(17)18/h2-6H,1H3,(H,17,18)(H,14,15,16). The molecular formula is C12H10ClN3O2. The highest BCUT2D eigenvalue weighted by molar-refractivity contribution is 6.28. The van der Waals surface area contributed by atoms with Gasteiger partial charge in [0.15, 0.2) is 0 Å². The van der Waals surface area contributed by atoms with Gasteiger partial charge < -0.3 is 10.4 Å². The predicted molar refractivity (Wildman–Crippen MR) is 68.5 cm³/mol. The molecule has 0 atom stereocenters. The molecule has 18 heavy (non-hydrogen) atoms. The average molecular weight is 264 g/mol. The first-order valence-corrected chi connectivity index (χ1v) is 5.53. The van der Waals surface area contributed by atoms with Crippen molar-refractivity contribution in [3.05, 3.63) is 46.9 Å². The first kappa shape index (κ1) is 12.3. The third-order valence-electron chi connectivity index (χ3n) is 2.31. The summed E-state index contributed by atoms with van der Waals surface area (Å²) in [6.45, 7) is 1.83. The van der Waals surface area contributed by atoms with Gasteiger partial charge in [0.25, 0.3) is 0 Å². The second-order valence-electron chi connectivity index (χ2n) is 3.68. The van der Waals surface area contributed by atoms with Crippen LogP contribution >= 0.6 is 11.6 Å². The number of anilines is 2. The summed E-state index contributed by atoms with van der Waals surface area (Å²) in [5.41, 5.74) is 1.66. The van der Waals surface area contributed by atoms with E-state index in [4.69, 9.17) is 16.7 Å². The molecule has 2 aromatic rings. The molecule has 0 aliphatic rings. The SMILES string of the molecule is Cc1cnc(Cl)nc1Nc1cccc(C(=O)O)c1. The van der Waals surface area contributed by atoms with Crippen LogP contribution in [0.3, 0.4) is 0 Å². The van der Waals surface area contributed by atoms with Gasteiger partial charge in [-0.05, 0) is 36.7 Å². The van der Waals surface area contributed by atoms with Crippen LogP contribution in [0.5, 0.6) is 0 Å². The molecule has 1 heterocycles. The van der Waals surface area contributed by atoms with E-state index >= 15 is 0 Å². The van der Waals surface area contributed by atoms with E-state index in [0.29, 0.717) is 11.5 Å². The minimum absolute atomic E-state index is 0.137. The van der Waals surface area contributed by atoms with Crippen molar-refractivity contribution in [3.63, 3.8) is 0 Å². The topological polar surface area (TPSA) is 75.1 Å². The van der Waals surface area contributed by atoms with Crippen LogP contribution in [0.1, 0.15) is 15.9 Å². The van der Waals surface area contributed by atoms with Crippen molar-refractivity contribution in [2.24, 2.45) is 0 Å². The number of aromatic carboxylic acids is 1. The molecular weight excluding hydrogens is 254 g/mol. The number of carboxylic acids is 1. The Kier molecular flexibility index (Phi) is 3.43. The van der Waals surface area contributed by atoms with E-state index in [9.17, 15) is 4.79 Å². The van der Waals surface area contributed by atoms with E-state index in [1.54, 1.807) is 18.3 Å². The molecule has 0 fully saturated rings. The molecule has 2 N–H and O–H groups in total. The van der Waals surface area contributed by atoms with Gasteiger partial charge in [0.05, 0.1) is 5.56 Å². The zero-order valence-corrected chi connectivity index (χ0v) is 10.3. The number of hydrogen-bond donors (Lipinski definition) is 2. The van der Waals surface area contributed by atoms with Gasteiger partial charge in [-0.15, -0.1) is 0 Å². The van der Waals surface area contributed by atoms with Gasteiger partial charge in [-0.25, -0.2) is 14.8 Å². The van der Waals surface area contributed by atoms with Crippen molar-refractivity contribution in [3.8, 4) is 0 Å². The lowest BCUT2D eigenvalue weighted by Crippen LogP contribution is -2.00. The molecule has 92 valence electrons. The third kappa shape index (κ3) is 2.75. The molecule has 0 aliphatic carbocycles. The molecule has 0 radical (unpaired) electrons. The molecule has 0 amide bonds. The number of nitrogens with zero attached hydrogens (tertiary/aromatic N) is 2. The maximum Gasteiger partial charge on any atom is 0.335 e. The minimum Gasteiger partial charge on any atom is -0.478 e. The van der Waals surface area contributed by atoms with Gasteiger partial charge in [0.1, 0.15) is 5.82 Å². The van der Waals surface area contributed by atoms with Crippen LogP contribution in [0, 0.1) is 6.92 Å². The first-order valence-electron chi connectivity index (χ1n) is 5.16. The van der Waals surface area contributed by atoms with Crippen LogP contribution in [0.4, 0.5) is 11.5 Å². The molecule has 2 rings (SSSR count). The zero-order valence-electron chi connectivity index (χ0n) is 9.51. The summed E-state index contributed by atoms with van der Waals surface area (Å²) in [7, 11) is 0.